The average molecular weight is 398 g/mol. The largest absolute Gasteiger partial charge is 0.494 e. The fraction of sp³-hybridized carbons (Fsp3) is 0.579. The van der Waals surface area contributed by atoms with Gasteiger partial charge in [-0.3, -0.25) is 9.78 Å². The molecular weight excluding hydrogens is 370 g/mol. The molecule has 0 amide bonds. The first-order valence-electron chi connectivity index (χ1n) is 8.92. The fourth-order valence-electron chi connectivity index (χ4n) is 2.79. The van der Waals surface area contributed by atoms with Crippen molar-refractivity contribution >= 4 is 23.8 Å². The summed E-state index contributed by atoms with van der Waals surface area (Å²) in [5.74, 6) is 0.789. The number of nitrogens with zero attached hydrogens (tertiary/aromatic N) is 2. The minimum absolute atomic E-state index is 0.274. The number of ether oxygens (including phenoxy) is 1. The molecule has 144 valence electrons. The predicted octanol–water partition coefficient (Wildman–Crippen LogP) is 5.01. The number of unbranched alkanes of at least 4 members (excludes halogenated alkanes) is 2. The van der Waals surface area contributed by atoms with Crippen LogP contribution in [0.4, 0.5) is 0 Å². The maximum atomic E-state index is 11.2. The van der Waals surface area contributed by atoms with Crippen LogP contribution in [-0.4, -0.2) is 32.1 Å². The van der Waals surface area contributed by atoms with Crippen LogP contribution in [0.1, 0.15) is 46.5 Å². The maximum absolute atomic E-state index is 11.2. The summed E-state index contributed by atoms with van der Waals surface area (Å²) in [7, 11) is 0. The summed E-state index contributed by atoms with van der Waals surface area (Å²) >= 11 is 11.1. The lowest BCUT2D eigenvalue weighted by molar-refractivity contribution is -0.0817. The summed E-state index contributed by atoms with van der Waals surface area (Å²) in [6, 6.07) is 7.42. The third kappa shape index (κ3) is 5.83. The molecule has 2 aromatic rings. The van der Waals surface area contributed by atoms with E-state index in [1.54, 1.807) is 11.0 Å². The number of halogens is 1. The van der Waals surface area contributed by atoms with Crippen molar-refractivity contribution in [1.82, 2.24) is 14.8 Å². The molecular formula is C19H28ClN3O2S. The minimum Gasteiger partial charge on any atom is -0.494 e. The molecule has 1 heterocycles. The summed E-state index contributed by atoms with van der Waals surface area (Å²) < 4.78 is 7.89. The van der Waals surface area contributed by atoms with Crippen molar-refractivity contribution in [3.05, 3.63) is 40.4 Å². The van der Waals surface area contributed by atoms with E-state index < -0.39 is 5.60 Å². The van der Waals surface area contributed by atoms with E-state index in [4.69, 9.17) is 28.6 Å². The Kier molecular flexibility index (Phi) is 7.26. The van der Waals surface area contributed by atoms with E-state index in [2.05, 4.69) is 30.9 Å². The molecule has 0 radical (unpaired) electrons. The first kappa shape index (κ1) is 20.9. The van der Waals surface area contributed by atoms with Crippen molar-refractivity contribution in [1.29, 1.82) is 0 Å². The molecule has 0 fully saturated rings. The van der Waals surface area contributed by atoms with Gasteiger partial charge in [0.2, 0.25) is 4.77 Å². The van der Waals surface area contributed by atoms with Gasteiger partial charge in [0, 0.05) is 5.02 Å². The van der Waals surface area contributed by atoms with E-state index >= 15 is 0 Å². The highest BCUT2D eigenvalue weighted by Crippen LogP contribution is 2.36. The standard InChI is InChI=1S/C19H28ClN3O2S/c1-18(2,3)19(24,13-23-17(26)21-14-22-23)10-5-4-6-11-25-16-9-7-8-15(20)12-16/h7-9,12,14,24H,4-6,10-11,13H2,1-3H3,(H,21,22,26). The Hall–Kier alpha value is -1.37. The molecule has 26 heavy (non-hydrogen) atoms. The first-order chi connectivity index (χ1) is 12.2. The Morgan fingerprint density at radius 2 is 2.04 bits per heavy atom. The Labute approximate surface area is 165 Å². The second-order valence-electron chi connectivity index (χ2n) is 7.65. The molecule has 0 spiro atoms. The monoisotopic (exact) mass is 397 g/mol. The van der Waals surface area contributed by atoms with Crippen molar-refractivity contribution < 1.29 is 9.84 Å². The van der Waals surface area contributed by atoms with Crippen LogP contribution in [0.5, 0.6) is 5.75 Å². The van der Waals surface area contributed by atoms with Gasteiger partial charge in [-0.2, -0.15) is 0 Å². The lowest BCUT2D eigenvalue weighted by Gasteiger charge is -2.40. The van der Waals surface area contributed by atoms with Gasteiger partial charge in [-0.25, -0.2) is 4.98 Å². The van der Waals surface area contributed by atoms with Crippen molar-refractivity contribution in [3.63, 3.8) is 0 Å². The maximum Gasteiger partial charge on any atom is 0.215 e. The number of aromatic amines is 1. The number of nitrogens with one attached hydrogen (secondary N) is 1. The van der Waals surface area contributed by atoms with Crippen LogP contribution < -0.4 is 4.74 Å². The van der Waals surface area contributed by atoms with Crippen LogP contribution in [0.25, 0.3) is 0 Å². The number of aromatic nitrogens is 3. The zero-order chi connectivity index (χ0) is 19.2. The lowest BCUT2D eigenvalue weighted by atomic mass is 9.73. The van der Waals surface area contributed by atoms with E-state index in [1.165, 1.54) is 0 Å². The van der Waals surface area contributed by atoms with Crippen LogP contribution in [0, 0.1) is 10.2 Å². The molecule has 0 aliphatic carbocycles. The molecule has 5 nitrogen and oxygen atoms in total. The first-order valence-corrected chi connectivity index (χ1v) is 9.71. The Morgan fingerprint density at radius 3 is 2.65 bits per heavy atom. The Morgan fingerprint density at radius 1 is 1.27 bits per heavy atom. The summed E-state index contributed by atoms with van der Waals surface area (Å²) in [5.41, 5.74) is -1.14. The zero-order valence-corrected chi connectivity index (χ0v) is 17.2. The van der Waals surface area contributed by atoms with Gasteiger partial charge in [0.15, 0.2) is 0 Å². The average Bonchev–Trinajstić information content (AvgIpc) is 2.94. The number of rotatable bonds is 9. The molecule has 2 rings (SSSR count). The van der Waals surface area contributed by atoms with Gasteiger partial charge in [-0.1, -0.05) is 44.9 Å². The van der Waals surface area contributed by atoms with E-state index in [0.717, 1.165) is 25.0 Å². The SMILES string of the molecule is CC(C)(C)C(O)(CCCCCOc1cccc(Cl)c1)Cn1[nH]cnc1=S. The number of benzene rings is 1. The van der Waals surface area contributed by atoms with Crippen molar-refractivity contribution in [2.24, 2.45) is 5.41 Å². The molecule has 1 aromatic carbocycles. The highest BCUT2D eigenvalue weighted by molar-refractivity contribution is 7.71. The molecule has 7 heteroatoms. The van der Waals surface area contributed by atoms with Crippen molar-refractivity contribution in [2.45, 2.75) is 58.6 Å². The van der Waals surface area contributed by atoms with Crippen LogP contribution in [0.3, 0.4) is 0 Å². The molecule has 1 atom stereocenters. The number of H-pyrrole nitrogens is 1. The smallest absolute Gasteiger partial charge is 0.215 e. The van der Waals surface area contributed by atoms with Gasteiger partial charge >= 0.3 is 0 Å². The third-order valence-electron chi connectivity index (χ3n) is 4.73. The van der Waals surface area contributed by atoms with Gasteiger partial charge in [-0.05, 0) is 55.1 Å². The topological polar surface area (TPSA) is 63.1 Å². The fourth-order valence-corrected chi connectivity index (χ4v) is 3.14. The van der Waals surface area contributed by atoms with Crippen LogP contribution in [0.15, 0.2) is 30.6 Å². The van der Waals surface area contributed by atoms with Crippen LogP contribution >= 0.6 is 23.8 Å². The van der Waals surface area contributed by atoms with Crippen LogP contribution in [0.2, 0.25) is 5.02 Å². The highest BCUT2D eigenvalue weighted by Gasteiger charge is 2.40. The molecule has 1 aromatic heterocycles. The van der Waals surface area contributed by atoms with Crippen LogP contribution in [-0.2, 0) is 6.54 Å². The predicted molar refractivity (Wildman–Crippen MR) is 107 cm³/mol. The lowest BCUT2D eigenvalue weighted by Crippen LogP contribution is -2.46. The van der Waals surface area contributed by atoms with Gasteiger partial charge in [0.05, 0.1) is 18.8 Å². The summed E-state index contributed by atoms with van der Waals surface area (Å²) in [6.45, 7) is 7.20. The molecule has 0 saturated carbocycles. The summed E-state index contributed by atoms with van der Waals surface area (Å²) in [5, 5.41) is 14.9. The van der Waals surface area contributed by atoms with Gasteiger partial charge in [0.25, 0.3) is 0 Å². The molecule has 1 unspecified atom stereocenters. The number of hydrogen-bond acceptors (Lipinski definition) is 4. The number of aliphatic hydroxyl groups is 1. The van der Waals surface area contributed by atoms with E-state index in [1.807, 2.05) is 24.3 Å². The quantitative estimate of drug-likeness (QED) is 0.461. The summed E-state index contributed by atoms with van der Waals surface area (Å²) in [6.07, 6.45) is 5.06. The normalized spacial score (nSPS) is 14.2. The van der Waals surface area contributed by atoms with Gasteiger partial charge in [-0.15, -0.1) is 0 Å². The second-order valence-corrected chi connectivity index (χ2v) is 8.46. The Bertz CT molecular complexity index is 753. The van der Waals surface area contributed by atoms with Crippen molar-refractivity contribution in [2.75, 3.05) is 6.61 Å². The molecule has 0 saturated heterocycles. The Balaban J connectivity index is 1.80. The molecule has 0 aliphatic rings. The molecule has 0 aliphatic heterocycles. The zero-order valence-electron chi connectivity index (χ0n) is 15.7. The van der Waals surface area contributed by atoms with E-state index in [-0.39, 0.29) is 5.41 Å². The van der Waals surface area contributed by atoms with E-state index in [0.29, 0.717) is 29.4 Å². The third-order valence-corrected chi connectivity index (χ3v) is 5.30. The summed E-state index contributed by atoms with van der Waals surface area (Å²) in [4.78, 5) is 4.02. The molecule has 2 N–H and O–H groups in total. The highest BCUT2D eigenvalue weighted by atomic mass is 35.5. The number of hydrogen-bond donors (Lipinski definition) is 2. The van der Waals surface area contributed by atoms with Gasteiger partial charge in [0.1, 0.15) is 12.1 Å². The van der Waals surface area contributed by atoms with Crippen molar-refractivity contribution in [3.8, 4) is 5.75 Å². The van der Waals surface area contributed by atoms with Gasteiger partial charge < -0.3 is 9.84 Å². The second kappa shape index (κ2) is 9.02. The minimum atomic E-state index is -0.869. The van der Waals surface area contributed by atoms with E-state index in [9.17, 15) is 5.11 Å². The molecule has 0 bridgehead atoms.